The highest BCUT2D eigenvalue weighted by Crippen LogP contribution is 2.61. The molecule has 0 bridgehead atoms. The smallest absolute Gasteiger partial charge is 0.349 e. The highest BCUT2D eigenvalue weighted by Gasteiger charge is 2.42. The van der Waals surface area contributed by atoms with Gasteiger partial charge in [-0.2, -0.15) is 0 Å². The van der Waals surface area contributed by atoms with Gasteiger partial charge in [0.15, 0.2) is 0 Å². The minimum absolute atomic E-state index is 0.161. The summed E-state index contributed by atoms with van der Waals surface area (Å²) in [7, 11) is 1.21. The number of methoxy groups -OCH3 is 1. The number of carbonyl (C=O) groups is 2. The van der Waals surface area contributed by atoms with Gasteiger partial charge in [0.1, 0.15) is 0 Å². The molecule has 1 N–H and O–H groups in total. The van der Waals surface area contributed by atoms with Crippen LogP contribution in [0.15, 0.2) is 11.3 Å². The Balaban J connectivity index is 3.25. The van der Waals surface area contributed by atoms with E-state index >= 15 is 0 Å². The van der Waals surface area contributed by atoms with Crippen LogP contribution in [0.3, 0.4) is 0 Å². The van der Waals surface area contributed by atoms with Crippen molar-refractivity contribution in [1.29, 1.82) is 0 Å². The normalized spacial score (nSPS) is 21.4. The van der Waals surface area contributed by atoms with Gasteiger partial charge in [0.25, 0.3) is 0 Å². The van der Waals surface area contributed by atoms with Crippen molar-refractivity contribution >= 4 is 40.5 Å². The molecule has 1 aliphatic rings. The van der Waals surface area contributed by atoms with E-state index in [0.29, 0.717) is 5.70 Å². The number of halogens is 2. The van der Waals surface area contributed by atoms with Crippen molar-refractivity contribution in [3.63, 3.8) is 0 Å². The molecule has 1 heterocycles. The quantitative estimate of drug-likeness (QED) is 0.628. The predicted molar refractivity (Wildman–Crippen MR) is 63.9 cm³/mol. The highest BCUT2D eigenvalue weighted by atomic mass is 35.9. The summed E-state index contributed by atoms with van der Waals surface area (Å²) >= 11 is 10.9. The number of rotatable bonds is 2. The van der Waals surface area contributed by atoms with Crippen molar-refractivity contribution in [3.8, 4) is 0 Å². The number of ether oxygens (including phenoxy) is 1. The summed E-state index contributed by atoms with van der Waals surface area (Å²) in [6, 6.07) is -1.53. The van der Waals surface area contributed by atoms with E-state index < -0.39 is 24.0 Å². The van der Waals surface area contributed by atoms with Crippen molar-refractivity contribution in [2.24, 2.45) is 0 Å². The van der Waals surface area contributed by atoms with Crippen LogP contribution < -0.4 is 5.32 Å². The Hall–Kier alpha value is -0.710. The molecule has 1 aliphatic heterocycles. The van der Waals surface area contributed by atoms with Gasteiger partial charge in [-0.25, -0.2) is 14.3 Å². The van der Waals surface area contributed by atoms with Crippen LogP contribution in [0.25, 0.3) is 0 Å². The Morgan fingerprint density at radius 2 is 2.06 bits per heavy atom. The zero-order valence-electron chi connectivity index (χ0n) is 9.36. The molecular weight excluding hydrogens is 290 g/mol. The van der Waals surface area contributed by atoms with Crippen LogP contribution in [-0.2, 0) is 14.1 Å². The van der Waals surface area contributed by atoms with Crippen molar-refractivity contribution in [1.82, 2.24) is 9.99 Å². The van der Waals surface area contributed by atoms with Gasteiger partial charge < -0.3 is 10.1 Å². The molecule has 0 aromatic rings. The number of nitrogens with zero attached hydrogens (tertiary/aromatic N) is 1. The Labute approximate surface area is 108 Å². The minimum Gasteiger partial charge on any atom is -0.466 e. The van der Waals surface area contributed by atoms with E-state index in [1.54, 1.807) is 0 Å². The number of amides is 2. The summed E-state index contributed by atoms with van der Waals surface area (Å²) in [4.78, 5) is 23.1. The van der Waals surface area contributed by atoms with Crippen LogP contribution in [0.5, 0.6) is 0 Å². The molecule has 0 aromatic heterocycles. The van der Waals surface area contributed by atoms with E-state index in [1.807, 2.05) is 0 Å². The maximum Gasteiger partial charge on any atom is 0.349 e. The fourth-order valence-corrected chi connectivity index (χ4v) is 3.62. The monoisotopic (exact) mass is 300 g/mol. The second-order valence-electron chi connectivity index (χ2n) is 3.42. The van der Waals surface area contributed by atoms with Gasteiger partial charge in [-0.3, -0.25) is 4.57 Å². The van der Waals surface area contributed by atoms with Crippen molar-refractivity contribution < 1.29 is 18.9 Å². The first-order chi connectivity index (χ1) is 7.70. The van der Waals surface area contributed by atoms with Gasteiger partial charge in [0, 0.05) is 5.70 Å². The van der Waals surface area contributed by atoms with Crippen molar-refractivity contribution in [3.05, 3.63) is 11.3 Å². The van der Waals surface area contributed by atoms with Crippen molar-refractivity contribution in [2.75, 3.05) is 7.11 Å². The molecule has 0 saturated carbocycles. The first kappa shape index (κ1) is 14.4. The highest BCUT2D eigenvalue weighted by molar-refractivity contribution is 8.07. The molecule has 1 unspecified atom stereocenters. The Morgan fingerprint density at radius 1 is 1.53 bits per heavy atom. The molecule has 96 valence electrons. The molecule has 2 amide bonds. The number of hydrogen-bond acceptors (Lipinski definition) is 4. The molecule has 0 saturated heterocycles. The van der Waals surface area contributed by atoms with Crippen LogP contribution in [0.1, 0.15) is 13.8 Å². The summed E-state index contributed by atoms with van der Waals surface area (Å²) < 4.78 is 16.9. The first-order valence-corrected chi connectivity index (χ1v) is 8.06. The average Bonchev–Trinajstić information content (AvgIpc) is 2.13. The summed E-state index contributed by atoms with van der Waals surface area (Å²) in [6.07, 6.45) is 0. The molecule has 1 rings (SSSR count). The lowest BCUT2D eigenvalue weighted by molar-refractivity contribution is -0.136. The molecule has 9 heteroatoms. The van der Waals surface area contributed by atoms with E-state index in [-0.39, 0.29) is 5.57 Å². The lowest BCUT2D eigenvalue weighted by Crippen LogP contribution is -2.48. The zero-order chi connectivity index (χ0) is 13.4. The Morgan fingerprint density at radius 3 is 2.47 bits per heavy atom. The molecule has 0 fully saturated rings. The van der Waals surface area contributed by atoms with E-state index in [0.717, 1.165) is 4.67 Å². The van der Waals surface area contributed by atoms with Crippen LogP contribution >= 0.6 is 28.5 Å². The number of allylic oxidation sites excluding steroid dienone is 1. The van der Waals surface area contributed by atoms with Gasteiger partial charge in [0.2, 0.25) is 0 Å². The van der Waals surface area contributed by atoms with Crippen molar-refractivity contribution in [2.45, 2.75) is 19.9 Å². The van der Waals surface area contributed by atoms with Gasteiger partial charge in [0.05, 0.1) is 18.7 Å². The molecule has 0 spiro atoms. The first-order valence-electron chi connectivity index (χ1n) is 4.59. The van der Waals surface area contributed by atoms with Gasteiger partial charge in [-0.05, 0) is 36.3 Å². The van der Waals surface area contributed by atoms with Crippen LogP contribution in [-0.4, -0.2) is 29.8 Å². The topological polar surface area (TPSA) is 75.7 Å². The average molecular weight is 301 g/mol. The number of carbonyl (C=O) groups excluding carboxylic acids is 2. The molecule has 0 aromatic carbocycles. The molecule has 1 atom stereocenters. The summed E-state index contributed by atoms with van der Waals surface area (Å²) in [6.45, 7) is 3.03. The van der Waals surface area contributed by atoms with Gasteiger partial charge in [-0.15, -0.1) is 0 Å². The Kier molecular flexibility index (Phi) is 4.12. The third-order valence-corrected chi connectivity index (χ3v) is 4.35. The third kappa shape index (κ3) is 2.76. The maximum atomic E-state index is 11.6. The third-order valence-electron chi connectivity index (χ3n) is 2.35. The second-order valence-corrected chi connectivity index (χ2v) is 7.98. The number of nitrogens with one attached hydrogen (secondary N) is 1. The molecule has 0 radical (unpaired) electrons. The van der Waals surface area contributed by atoms with E-state index in [4.69, 9.17) is 22.5 Å². The standard InChI is InChI=1S/C8H11Cl2N2O4P/c1-4-6(7(13)16-3)5(2)12(8(14)11-4)17(9,10)15/h5H,1-3H3,(H,11,14). The SMILES string of the molecule is COC(=O)C1=C(C)NC(=O)N(P(=O)(Cl)Cl)C1C. The molecule has 6 nitrogen and oxygen atoms in total. The number of esters is 1. The summed E-state index contributed by atoms with van der Waals surface area (Å²) in [5.41, 5.74) is 0.487. The fraction of sp³-hybridized carbons (Fsp3) is 0.500. The number of urea groups is 1. The van der Waals surface area contributed by atoms with Gasteiger partial charge in [-0.1, -0.05) is 0 Å². The van der Waals surface area contributed by atoms with E-state index in [1.165, 1.54) is 21.0 Å². The molecular formula is C8H11Cl2N2O4P. The second kappa shape index (κ2) is 4.88. The van der Waals surface area contributed by atoms with Crippen LogP contribution in [0.2, 0.25) is 0 Å². The van der Waals surface area contributed by atoms with E-state index in [2.05, 4.69) is 10.1 Å². The summed E-state index contributed by atoms with van der Waals surface area (Å²) in [5.74, 6) is -4.48. The zero-order valence-corrected chi connectivity index (χ0v) is 11.8. The van der Waals surface area contributed by atoms with Gasteiger partial charge >= 0.3 is 18.0 Å². The lowest BCUT2D eigenvalue weighted by atomic mass is 10.1. The predicted octanol–water partition coefficient (Wildman–Crippen LogP) is 2.43. The fourth-order valence-electron chi connectivity index (χ4n) is 1.64. The lowest BCUT2D eigenvalue weighted by Gasteiger charge is -2.35. The summed E-state index contributed by atoms with van der Waals surface area (Å²) in [5, 5.41) is 2.36. The number of hydrogen-bond donors (Lipinski definition) is 1. The van der Waals surface area contributed by atoms with Crippen LogP contribution in [0.4, 0.5) is 4.79 Å². The largest absolute Gasteiger partial charge is 0.466 e. The molecule has 0 aliphatic carbocycles. The van der Waals surface area contributed by atoms with Crippen LogP contribution in [0, 0.1) is 0 Å². The molecule has 17 heavy (non-hydrogen) atoms. The van der Waals surface area contributed by atoms with E-state index in [9.17, 15) is 14.2 Å². The minimum atomic E-state index is -3.84. The Bertz CT molecular complexity index is 445. The maximum absolute atomic E-state index is 11.6.